The molecule has 0 saturated heterocycles. The Morgan fingerprint density at radius 2 is 1.72 bits per heavy atom. The molecule has 0 fully saturated rings. The van der Waals surface area contributed by atoms with E-state index in [-0.39, 0.29) is 0 Å². The van der Waals surface area contributed by atoms with Gasteiger partial charge in [-0.3, -0.25) is 0 Å². The van der Waals surface area contributed by atoms with Crippen LogP contribution in [0.2, 0.25) is 5.02 Å². The van der Waals surface area contributed by atoms with Crippen LogP contribution in [0.1, 0.15) is 5.56 Å². The summed E-state index contributed by atoms with van der Waals surface area (Å²) < 4.78 is 21.1. The van der Waals surface area contributed by atoms with Crippen molar-refractivity contribution in [1.29, 1.82) is 0 Å². The van der Waals surface area contributed by atoms with Crippen molar-refractivity contribution in [2.45, 2.75) is 0 Å². The highest BCUT2D eigenvalue weighted by atomic mass is 35.5. The van der Waals surface area contributed by atoms with Crippen molar-refractivity contribution in [2.24, 2.45) is 0 Å². The van der Waals surface area contributed by atoms with Crippen LogP contribution >= 0.6 is 11.6 Å². The van der Waals surface area contributed by atoms with Gasteiger partial charge in [0, 0.05) is 6.08 Å². The van der Waals surface area contributed by atoms with Gasteiger partial charge in [-0.15, -0.1) is 0 Å². The number of carbonyl (C=O) groups excluding carboxylic acids is 1. The van der Waals surface area contributed by atoms with Crippen molar-refractivity contribution < 1.29 is 23.7 Å². The molecule has 5 nitrogen and oxygen atoms in total. The number of para-hydroxylation sites is 1. The van der Waals surface area contributed by atoms with Crippen LogP contribution in [0.3, 0.4) is 0 Å². The number of carbonyl (C=O) groups is 1. The molecular formula is C19H19ClO5. The van der Waals surface area contributed by atoms with E-state index in [1.165, 1.54) is 13.2 Å². The SMILES string of the molecule is COC(=O)/C=C/c1ccc(OCCOc2ccccc2Cl)c(OC)c1. The molecule has 0 amide bonds. The van der Waals surface area contributed by atoms with Gasteiger partial charge in [0.2, 0.25) is 0 Å². The maximum atomic E-state index is 11.1. The van der Waals surface area contributed by atoms with Gasteiger partial charge in [0.1, 0.15) is 19.0 Å². The predicted molar refractivity (Wildman–Crippen MR) is 96.5 cm³/mol. The van der Waals surface area contributed by atoms with Crippen LogP contribution in [0.4, 0.5) is 0 Å². The topological polar surface area (TPSA) is 54.0 Å². The second kappa shape index (κ2) is 9.59. The fourth-order valence-electron chi connectivity index (χ4n) is 2.00. The molecule has 0 atom stereocenters. The first-order valence-corrected chi connectivity index (χ1v) is 7.96. The second-order valence-corrected chi connectivity index (χ2v) is 5.30. The molecule has 0 bridgehead atoms. The third kappa shape index (κ3) is 5.72. The Kier molecular flexibility index (Phi) is 7.16. The molecule has 0 aliphatic rings. The van der Waals surface area contributed by atoms with Crippen LogP contribution < -0.4 is 14.2 Å². The summed E-state index contributed by atoms with van der Waals surface area (Å²) in [6.45, 7) is 0.676. The van der Waals surface area contributed by atoms with Crippen LogP contribution in [0, 0.1) is 0 Å². The summed E-state index contributed by atoms with van der Waals surface area (Å²) in [5.74, 6) is 1.34. The number of ether oxygens (including phenoxy) is 4. The van der Waals surface area contributed by atoms with Gasteiger partial charge in [0.05, 0.1) is 19.2 Å². The third-order valence-electron chi connectivity index (χ3n) is 3.24. The van der Waals surface area contributed by atoms with Gasteiger partial charge >= 0.3 is 5.97 Å². The lowest BCUT2D eigenvalue weighted by Gasteiger charge is -2.12. The normalized spacial score (nSPS) is 10.5. The molecule has 2 rings (SSSR count). The molecule has 0 unspecified atom stereocenters. The zero-order chi connectivity index (χ0) is 18.1. The van der Waals surface area contributed by atoms with E-state index in [0.717, 1.165) is 5.56 Å². The van der Waals surface area contributed by atoms with E-state index in [9.17, 15) is 4.79 Å². The number of hydrogen-bond acceptors (Lipinski definition) is 5. The lowest BCUT2D eigenvalue weighted by molar-refractivity contribution is -0.134. The Balaban J connectivity index is 1.92. The Bertz CT molecular complexity index is 742. The molecule has 0 aromatic heterocycles. The number of esters is 1. The average Bonchev–Trinajstić information content (AvgIpc) is 2.64. The highest BCUT2D eigenvalue weighted by molar-refractivity contribution is 6.32. The van der Waals surface area contributed by atoms with Crippen molar-refractivity contribution in [3.8, 4) is 17.2 Å². The Hall–Kier alpha value is -2.66. The lowest BCUT2D eigenvalue weighted by atomic mass is 10.2. The molecule has 2 aromatic carbocycles. The average molecular weight is 363 g/mol. The van der Waals surface area contributed by atoms with Crippen LogP contribution in [-0.2, 0) is 9.53 Å². The van der Waals surface area contributed by atoms with E-state index < -0.39 is 5.97 Å². The Morgan fingerprint density at radius 1 is 1.00 bits per heavy atom. The van der Waals surface area contributed by atoms with E-state index >= 15 is 0 Å². The van der Waals surface area contributed by atoms with Crippen LogP contribution in [0.15, 0.2) is 48.5 Å². The molecular weight excluding hydrogens is 344 g/mol. The quantitative estimate of drug-likeness (QED) is 0.403. The number of hydrogen-bond donors (Lipinski definition) is 0. The van der Waals surface area contributed by atoms with Crippen LogP contribution in [0.25, 0.3) is 6.08 Å². The molecule has 0 radical (unpaired) electrons. The summed E-state index contributed by atoms with van der Waals surface area (Å²) in [5.41, 5.74) is 0.793. The Labute approximate surface area is 151 Å². The monoisotopic (exact) mass is 362 g/mol. The van der Waals surface area contributed by atoms with E-state index in [4.69, 9.17) is 25.8 Å². The summed E-state index contributed by atoms with van der Waals surface area (Å²) in [5, 5.41) is 0.557. The smallest absolute Gasteiger partial charge is 0.330 e. The molecule has 0 N–H and O–H groups in total. The summed E-state index contributed by atoms with van der Waals surface area (Å²) in [7, 11) is 2.88. The van der Waals surface area contributed by atoms with Crippen molar-refractivity contribution >= 4 is 23.6 Å². The highest BCUT2D eigenvalue weighted by Crippen LogP contribution is 2.29. The highest BCUT2D eigenvalue weighted by Gasteiger charge is 2.06. The van der Waals surface area contributed by atoms with Crippen molar-refractivity contribution in [3.63, 3.8) is 0 Å². The summed E-state index contributed by atoms with van der Waals surface area (Å²) >= 11 is 6.02. The number of methoxy groups -OCH3 is 2. The number of rotatable bonds is 8. The fraction of sp³-hybridized carbons (Fsp3) is 0.211. The summed E-state index contributed by atoms with van der Waals surface area (Å²) in [6, 6.07) is 12.6. The first-order chi connectivity index (χ1) is 12.1. The van der Waals surface area contributed by atoms with Crippen molar-refractivity contribution in [2.75, 3.05) is 27.4 Å². The molecule has 0 heterocycles. The van der Waals surface area contributed by atoms with Gasteiger partial charge in [-0.25, -0.2) is 4.79 Å². The summed E-state index contributed by atoms with van der Waals surface area (Å²) in [6.07, 6.45) is 2.98. The van der Waals surface area contributed by atoms with Gasteiger partial charge in [0.15, 0.2) is 11.5 Å². The number of benzene rings is 2. The van der Waals surface area contributed by atoms with E-state index in [1.807, 2.05) is 18.2 Å². The largest absolute Gasteiger partial charge is 0.493 e. The van der Waals surface area contributed by atoms with Crippen LogP contribution in [0.5, 0.6) is 17.2 Å². The maximum Gasteiger partial charge on any atom is 0.330 e. The zero-order valence-electron chi connectivity index (χ0n) is 14.0. The van der Waals surface area contributed by atoms with Crippen molar-refractivity contribution in [3.05, 3.63) is 59.1 Å². The first kappa shape index (κ1) is 18.7. The first-order valence-electron chi connectivity index (χ1n) is 7.58. The van der Waals surface area contributed by atoms with Crippen LogP contribution in [-0.4, -0.2) is 33.4 Å². The van der Waals surface area contributed by atoms with Gasteiger partial charge in [0.25, 0.3) is 0 Å². The molecule has 0 spiro atoms. The molecule has 0 aliphatic heterocycles. The minimum Gasteiger partial charge on any atom is -0.493 e. The fourth-order valence-corrected chi connectivity index (χ4v) is 2.19. The molecule has 6 heteroatoms. The molecule has 2 aromatic rings. The summed E-state index contributed by atoms with van der Waals surface area (Å²) in [4.78, 5) is 11.1. The molecule has 132 valence electrons. The molecule has 0 saturated carbocycles. The van der Waals surface area contributed by atoms with E-state index in [1.54, 1.807) is 37.5 Å². The van der Waals surface area contributed by atoms with E-state index in [2.05, 4.69) is 4.74 Å². The lowest BCUT2D eigenvalue weighted by Crippen LogP contribution is -2.09. The minimum atomic E-state index is -0.420. The van der Waals surface area contributed by atoms with E-state index in [0.29, 0.717) is 35.5 Å². The maximum absolute atomic E-state index is 11.1. The predicted octanol–water partition coefficient (Wildman–Crippen LogP) is 3.99. The molecule has 0 aliphatic carbocycles. The van der Waals surface area contributed by atoms with Gasteiger partial charge in [-0.1, -0.05) is 29.8 Å². The number of halogens is 1. The second-order valence-electron chi connectivity index (χ2n) is 4.89. The minimum absolute atomic E-state index is 0.332. The standard InChI is InChI=1S/C19H19ClO5/c1-22-18-13-14(8-10-19(21)23-2)7-9-17(18)25-12-11-24-16-6-4-3-5-15(16)20/h3-10,13H,11-12H2,1-2H3/b10-8+. The van der Waals surface area contributed by atoms with Gasteiger partial charge in [-0.2, -0.15) is 0 Å². The third-order valence-corrected chi connectivity index (χ3v) is 3.55. The van der Waals surface area contributed by atoms with Crippen molar-refractivity contribution in [1.82, 2.24) is 0 Å². The molecule has 25 heavy (non-hydrogen) atoms. The Morgan fingerprint density at radius 3 is 2.40 bits per heavy atom. The van der Waals surface area contributed by atoms with Gasteiger partial charge < -0.3 is 18.9 Å². The zero-order valence-corrected chi connectivity index (χ0v) is 14.8. The van der Waals surface area contributed by atoms with Gasteiger partial charge in [-0.05, 0) is 35.9 Å².